The molecule has 7 heteroatoms. The van der Waals surface area contributed by atoms with Gasteiger partial charge in [-0.2, -0.15) is 0 Å². The van der Waals surface area contributed by atoms with Gasteiger partial charge in [0.15, 0.2) is 0 Å². The lowest BCUT2D eigenvalue weighted by molar-refractivity contribution is -0.124. The lowest BCUT2D eigenvalue weighted by Crippen LogP contribution is -2.51. The highest BCUT2D eigenvalue weighted by molar-refractivity contribution is 5.85. The summed E-state index contributed by atoms with van der Waals surface area (Å²) in [6.45, 7) is 9.62. The fourth-order valence-electron chi connectivity index (χ4n) is 2.12. The van der Waals surface area contributed by atoms with Crippen molar-refractivity contribution in [1.29, 1.82) is 0 Å². The minimum absolute atomic E-state index is 0.126. The summed E-state index contributed by atoms with van der Waals surface area (Å²) in [6, 6.07) is -0.904. The molecule has 1 aromatic heterocycles. The first-order valence-corrected chi connectivity index (χ1v) is 7.54. The van der Waals surface area contributed by atoms with Gasteiger partial charge in [0.25, 0.3) is 0 Å². The summed E-state index contributed by atoms with van der Waals surface area (Å²) in [7, 11) is 0. The maximum Gasteiger partial charge on any atom is 0.405 e. The Kier molecular flexibility index (Phi) is 6.39. The normalized spacial score (nSPS) is 14.0. The van der Waals surface area contributed by atoms with Crippen molar-refractivity contribution in [2.75, 3.05) is 0 Å². The molecule has 0 saturated heterocycles. The Labute approximate surface area is 130 Å². The summed E-state index contributed by atoms with van der Waals surface area (Å²) < 4.78 is 0. The van der Waals surface area contributed by atoms with Crippen LogP contribution < -0.4 is 10.6 Å². The molecular formula is C15H26N4O3. The van der Waals surface area contributed by atoms with Crippen LogP contribution in [0.25, 0.3) is 0 Å². The summed E-state index contributed by atoms with van der Waals surface area (Å²) in [6.07, 6.45) is 1.17. The van der Waals surface area contributed by atoms with E-state index < -0.39 is 12.1 Å². The Morgan fingerprint density at radius 1 is 1.23 bits per heavy atom. The quantitative estimate of drug-likeness (QED) is 0.616. The molecule has 0 aliphatic rings. The van der Waals surface area contributed by atoms with Crippen LogP contribution in [0.5, 0.6) is 0 Å². The number of hydrogen-bond acceptors (Lipinski definition) is 3. The monoisotopic (exact) mass is 310 g/mol. The highest BCUT2D eigenvalue weighted by Crippen LogP contribution is 2.11. The molecule has 1 aromatic rings. The third-order valence-electron chi connectivity index (χ3n) is 3.39. The molecule has 2 amide bonds. The number of nitrogens with zero attached hydrogens (tertiary/aromatic N) is 1. The number of aromatic amines is 1. The second kappa shape index (κ2) is 7.82. The van der Waals surface area contributed by atoms with Crippen molar-refractivity contribution in [2.45, 2.75) is 59.0 Å². The summed E-state index contributed by atoms with van der Waals surface area (Å²) in [5, 5.41) is 13.9. The van der Waals surface area contributed by atoms with Gasteiger partial charge in [-0.25, -0.2) is 9.78 Å². The molecule has 0 aromatic carbocycles. The van der Waals surface area contributed by atoms with Crippen LogP contribution in [0.2, 0.25) is 0 Å². The number of carbonyl (C=O) groups excluding carboxylic acids is 1. The number of carboxylic acid groups (broad SMARTS) is 1. The largest absolute Gasteiger partial charge is 0.465 e. The van der Waals surface area contributed by atoms with Crippen molar-refractivity contribution in [3.05, 3.63) is 17.7 Å². The molecule has 22 heavy (non-hydrogen) atoms. The number of H-pyrrole nitrogens is 1. The third kappa shape index (κ3) is 5.38. The summed E-state index contributed by atoms with van der Waals surface area (Å²) in [5.74, 6) is 0.736. The molecule has 124 valence electrons. The molecule has 0 fully saturated rings. The Morgan fingerprint density at radius 3 is 2.32 bits per heavy atom. The predicted octanol–water partition coefficient (Wildman–Crippen LogP) is 1.87. The van der Waals surface area contributed by atoms with Crippen LogP contribution >= 0.6 is 0 Å². The van der Waals surface area contributed by atoms with Crippen molar-refractivity contribution in [3.63, 3.8) is 0 Å². The SMILES string of the molecule is CC(C)c1cnc(C[C@H](C)NC(=O)[C@@H](NC(=O)O)C(C)C)[nH]1. The van der Waals surface area contributed by atoms with Gasteiger partial charge in [-0.05, 0) is 18.8 Å². The number of amides is 2. The van der Waals surface area contributed by atoms with E-state index >= 15 is 0 Å². The van der Waals surface area contributed by atoms with Gasteiger partial charge in [0, 0.05) is 24.4 Å². The summed E-state index contributed by atoms with van der Waals surface area (Å²) >= 11 is 0. The van der Waals surface area contributed by atoms with E-state index in [0.717, 1.165) is 11.5 Å². The Hall–Kier alpha value is -2.05. The van der Waals surface area contributed by atoms with E-state index in [2.05, 4.69) is 34.4 Å². The number of imidazole rings is 1. The Balaban J connectivity index is 2.60. The standard InChI is InChI=1S/C15H26N4O3/c1-8(2)11-7-16-12(18-11)6-10(5)17-14(20)13(9(3)4)19-15(21)22/h7-10,13,19H,6H2,1-5H3,(H,16,18)(H,17,20)(H,21,22)/t10-,13-/m0/s1. The van der Waals surface area contributed by atoms with Crippen LogP contribution in [-0.4, -0.2) is 39.2 Å². The fraction of sp³-hybridized carbons (Fsp3) is 0.667. The van der Waals surface area contributed by atoms with Gasteiger partial charge in [0.1, 0.15) is 11.9 Å². The maximum absolute atomic E-state index is 12.2. The minimum Gasteiger partial charge on any atom is -0.465 e. The molecule has 7 nitrogen and oxygen atoms in total. The second-order valence-corrected chi connectivity index (χ2v) is 6.22. The maximum atomic E-state index is 12.2. The van der Waals surface area contributed by atoms with Gasteiger partial charge in [-0.1, -0.05) is 27.7 Å². The smallest absolute Gasteiger partial charge is 0.405 e. The van der Waals surface area contributed by atoms with Crippen LogP contribution in [0.3, 0.4) is 0 Å². The summed E-state index contributed by atoms with van der Waals surface area (Å²) in [4.78, 5) is 30.4. The van der Waals surface area contributed by atoms with Crippen molar-refractivity contribution in [1.82, 2.24) is 20.6 Å². The van der Waals surface area contributed by atoms with Crippen molar-refractivity contribution in [3.8, 4) is 0 Å². The van der Waals surface area contributed by atoms with Gasteiger partial charge in [-0.15, -0.1) is 0 Å². The van der Waals surface area contributed by atoms with Gasteiger partial charge in [0.05, 0.1) is 0 Å². The second-order valence-electron chi connectivity index (χ2n) is 6.22. The highest BCUT2D eigenvalue weighted by Gasteiger charge is 2.25. The van der Waals surface area contributed by atoms with E-state index in [0.29, 0.717) is 12.3 Å². The van der Waals surface area contributed by atoms with Crippen molar-refractivity contribution >= 4 is 12.0 Å². The molecule has 0 bridgehead atoms. The van der Waals surface area contributed by atoms with Crippen molar-refractivity contribution < 1.29 is 14.7 Å². The van der Waals surface area contributed by atoms with Crippen LogP contribution in [0, 0.1) is 5.92 Å². The molecule has 0 spiro atoms. The third-order valence-corrected chi connectivity index (χ3v) is 3.39. The first-order chi connectivity index (χ1) is 10.2. The van der Waals surface area contributed by atoms with Gasteiger partial charge >= 0.3 is 6.09 Å². The van der Waals surface area contributed by atoms with E-state index in [1.807, 2.05) is 6.92 Å². The number of rotatable bonds is 7. The van der Waals surface area contributed by atoms with Gasteiger partial charge < -0.3 is 20.7 Å². The van der Waals surface area contributed by atoms with E-state index in [-0.39, 0.29) is 17.9 Å². The Bertz CT molecular complexity index is 511. The minimum atomic E-state index is -1.20. The van der Waals surface area contributed by atoms with E-state index in [1.54, 1.807) is 20.0 Å². The molecule has 0 radical (unpaired) electrons. The number of nitrogens with one attached hydrogen (secondary N) is 3. The fourth-order valence-corrected chi connectivity index (χ4v) is 2.12. The molecular weight excluding hydrogens is 284 g/mol. The molecule has 0 aliphatic carbocycles. The topological polar surface area (TPSA) is 107 Å². The zero-order valence-electron chi connectivity index (χ0n) is 13.8. The van der Waals surface area contributed by atoms with E-state index in [4.69, 9.17) is 5.11 Å². The molecule has 2 atom stereocenters. The number of aromatic nitrogens is 2. The molecule has 0 saturated carbocycles. The van der Waals surface area contributed by atoms with Crippen LogP contribution in [0.15, 0.2) is 6.20 Å². The first-order valence-electron chi connectivity index (χ1n) is 7.54. The zero-order chi connectivity index (χ0) is 16.9. The first kappa shape index (κ1) is 18.0. The molecule has 1 heterocycles. The van der Waals surface area contributed by atoms with Crippen LogP contribution in [0.1, 0.15) is 52.1 Å². The highest BCUT2D eigenvalue weighted by atomic mass is 16.4. The van der Waals surface area contributed by atoms with Gasteiger partial charge in [0.2, 0.25) is 5.91 Å². The van der Waals surface area contributed by atoms with E-state index in [9.17, 15) is 9.59 Å². The van der Waals surface area contributed by atoms with Crippen molar-refractivity contribution in [2.24, 2.45) is 5.92 Å². The van der Waals surface area contributed by atoms with E-state index in [1.165, 1.54) is 0 Å². The lowest BCUT2D eigenvalue weighted by atomic mass is 10.0. The van der Waals surface area contributed by atoms with Crippen LogP contribution in [-0.2, 0) is 11.2 Å². The molecule has 1 rings (SSSR count). The lowest BCUT2D eigenvalue weighted by Gasteiger charge is -2.22. The molecule has 4 N–H and O–H groups in total. The number of hydrogen-bond donors (Lipinski definition) is 4. The Morgan fingerprint density at radius 2 is 1.86 bits per heavy atom. The molecule has 0 unspecified atom stereocenters. The predicted molar refractivity (Wildman–Crippen MR) is 83.8 cm³/mol. The summed E-state index contributed by atoms with van der Waals surface area (Å²) in [5.41, 5.74) is 1.06. The molecule has 0 aliphatic heterocycles. The van der Waals surface area contributed by atoms with Gasteiger partial charge in [-0.3, -0.25) is 4.79 Å². The zero-order valence-corrected chi connectivity index (χ0v) is 13.8. The average molecular weight is 310 g/mol. The van der Waals surface area contributed by atoms with Crippen LogP contribution in [0.4, 0.5) is 4.79 Å². The average Bonchev–Trinajstić information content (AvgIpc) is 2.83. The number of carbonyl (C=O) groups is 2.